The Labute approximate surface area is 48.7 Å². The zero-order chi connectivity index (χ0) is 5.28. The minimum atomic E-state index is 0.856. The first-order chi connectivity index (χ1) is 3.38. The summed E-state index contributed by atoms with van der Waals surface area (Å²) in [5.41, 5.74) is 5.39. The van der Waals surface area contributed by atoms with Crippen molar-refractivity contribution in [3.8, 4) is 0 Å². The molecule has 1 fully saturated rings. The van der Waals surface area contributed by atoms with Gasteiger partial charge < -0.3 is 5.73 Å². The Hall–Kier alpha value is 0.310. The maximum Gasteiger partial charge on any atom is 0.00884 e. The van der Waals surface area contributed by atoms with Crippen molar-refractivity contribution >= 4 is 11.8 Å². The molecule has 2 unspecified atom stereocenters. The predicted octanol–water partition coefficient (Wildman–Crippen LogP) is 0.697. The van der Waals surface area contributed by atoms with Gasteiger partial charge in [-0.15, -0.1) is 0 Å². The topological polar surface area (TPSA) is 26.0 Å². The highest BCUT2D eigenvalue weighted by molar-refractivity contribution is 7.99. The van der Waals surface area contributed by atoms with Crippen molar-refractivity contribution in [2.75, 3.05) is 12.8 Å². The highest BCUT2D eigenvalue weighted by Crippen LogP contribution is 2.38. The fraction of sp³-hybridized carbons (Fsp3) is 1.00. The summed E-state index contributed by atoms with van der Waals surface area (Å²) < 4.78 is 0. The first-order valence-electron chi connectivity index (χ1n) is 2.61. The first kappa shape index (κ1) is 5.45. The van der Waals surface area contributed by atoms with Crippen LogP contribution in [0, 0.1) is 5.92 Å². The van der Waals surface area contributed by atoms with Crippen molar-refractivity contribution in [3.63, 3.8) is 0 Å². The second-order valence-corrected chi connectivity index (χ2v) is 3.08. The molecule has 2 heteroatoms. The van der Waals surface area contributed by atoms with E-state index in [-0.39, 0.29) is 0 Å². The number of hydrogen-bond acceptors (Lipinski definition) is 2. The molecule has 1 aliphatic rings. The van der Waals surface area contributed by atoms with E-state index in [1.165, 1.54) is 6.42 Å². The molecule has 1 aliphatic carbocycles. The van der Waals surface area contributed by atoms with Crippen LogP contribution >= 0.6 is 11.8 Å². The van der Waals surface area contributed by atoms with Crippen molar-refractivity contribution in [1.29, 1.82) is 0 Å². The van der Waals surface area contributed by atoms with Crippen LogP contribution in [0.1, 0.15) is 6.42 Å². The van der Waals surface area contributed by atoms with Crippen LogP contribution in [-0.4, -0.2) is 18.1 Å². The molecule has 0 bridgehead atoms. The van der Waals surface area contributed by atoms with Gasteiger partial charge in [0.05, 0.1) is 0 Å². The summed E-state index contributed by atoms with van der Waals surface area (Å²) in [5.74, 6) is 0.856. The summed E-state index contributed by atoms with van der Waals surface area (Å²) in [5, 5.41) is 0.907. The van der Waals surface area contributed by atoms with Gasteiger partial charge in [0.2, 0.25) is 0 Å². The molecule has 0 aromatic heterocycles. The molecule has 1 saturated carbocycles. The van der Waals surface area contributed by atoms with E-state index in [0.29, 0.717) is 0 Å². The van der Waals surface area contributed by atoms with Gasteiger partial charge in [-0.05, 0) is 25.1 Å². The van der Waals surface area contributed by atoms with Crippen LogP contribution in [0.4, 0.5) is 0 Å². The third-order valence-corrected chi connectivity index (χ3v) is 2.65. The molecule has 0 radical (unpaired) electrons. The van der Waals surface area contributed by atoms with Crippen LogP contribution in [-0.2, 0) is 0 Å². The maximum atomic E-state index is 5.39. The normalized spacial score (nSPS) is 38.6. The predicted molar refractivity (Wildman–Crippen MR) is 34.5 cm³/mol. The lowest BCUT2D eigenvalue weighted by Crippen LogP contribution is -2.02. The van der Waals surface area contributed by atoms with E-state index in [9.17, 15) is 0 Å². The Morgan fingerprint density at radius 2 is 2.57 bits per heavy atom. The van der Waals surface area contributed by atoms with Crippen LogP contribution in [0.15, 0.2) is 0 Å². The Balaban J connectivity index is 2.06. The van der Waals surface area contributed by atoms with Crippen LogP contribution in [0.3, 0.4) is 0 Å². The van der Waals surface area contributed by atoms with Gasteiger partial charge in [0, 0.05) is 5.25 Å². The van der Waals surface area contributed by atoms with Gasteiger partial charge in [0.15, 0.2) is 0 Å². The molecule has 0 aliphatic heterocycles. The Morgan fingerprint density at radius 3 is 2.71 bits per heavy atom. The molecule has 0 heterocycles. The van der Waals surface area contributed by atoms with Gasteiger partial charge in [-0.3, -0.25) is 0 Å². The van der Waals surface area contributed by atoms with E-state index >= 15 is 0 Å². The summed E-state index contributed by atoms with van der Waals surface area (Å²) >= 11 is 1.94. The SMILES string of the molecule is CSC1CC1CN. The summed E-state index contributed by atoms with van der Waals surface area (Å²) in [7, 11) is 0. The molecule has 0 aromatic rings. The molecule has 0 spiro atoms. The van der Waals surface area contributed by atoms with Gasteiger partial charge in [-0.1, -0.05) is 0 Å². The highest BCUT2D eigenvalue weighted by Gasteiger charge is 2.34. The van der Waals surface area contributed by atoms with E-state index in [1.807, 2.05) is 11.8 Å². The van der Waals surface area contributed by atoms with E-state index in [2.05, 4.69) is 6.26 Å². The van der Waals surface area contributed by atoms with E-state index in [4.69, 9.17) is 5.73 Å². The van der Waals surface area contributed by atoms with E-state index in [0.717, 1.165) is 17.7 Å². The monoisotopic (exact) mass is 117 g/mol. The minimum absolute atomic E-state index is 0.856. The number of hydrogen-bond donors (Lipinski definition) is 1. The lowest BCUT2D eigenvalue weighted by molar-refractivity contribution is 0.851. The molecule has 1 nitrogen and oxygen atoms in total. The zero-order valence-corrected chi connectivity index (χ0v) is 5.37. The van der Waals surface area contributed by atoms with Crippen molar-refractivity contribution in [1.82, 2.24) is 0 Å². The molecular weight excluding hydrogens is 106 g/mol. The van der Waals surface area contributed by atoms with Crippen LogP contribution in [0.2, 0.25) is 0 Å². The highest BCUT2D eigenvalue weighted by atomic mass is 32.2. The summed E-state index contributed by atoms with van der Waals surface area (Å²) in [4.78, 5) is 0. The molecule has 2 atom stereocenters. The molecule has 0 amide bonds. The molecule has 0 aromatic carbocycles. The average Bonchev–Trinajstić information content (AvgIpc) is 2.43. The van der Waals surface area contributed by atoms with Crippen molar-refractivity contribution in [2.45, 2.75) is 11.7 Å². The Kier molecular flexibility index (Phi) is 1.60. The van der Waals surface area contributed by atoms with Crippen LogP contribution in [0.25, 0.3) is 0 Å². The second kappa shape index (κ2) is 2.05. The summed E-state index contributed by atoms with van der Waals surface area (Å²) in [6.07, 6.45) is 3.51. The molecule has 0 saturated heterocycles. The van der Waals surface area contributed by atoms with Crippen molar-refractivity contribution in [2.24, 2.45) is 11.7 Å². The molecule has 7 heavy (non-hydrogen) atoms. The number of thioether (sulfide) groups is 1. The Morgan fingerprint density at radius 1 is 1.86 bits per heavy atom. The zero-order valence-electron chi connectivity index (χ0n) is 4.55. The van der Waals surface area contributed by atoms with Gasteiger partial charge >= 0.3 is 0 Å². The van der Waals surface area contributed by atoms with Crippen molar-refractivity contribution in [3.05, 3.63) is 0 Å². The van der Waals surface area contributed by atoms with E-state index in [1.54, 1.807) is 0 Å². The number of nitrogens with two attached hydrogens (primary N) is 1. The quantitative estimate of drug-likeness (QED) is 0.576. The van der Waals surface area contributed by atoms with E-state index < -0.39 is 0 Å². The van der Waals surface area contributed by atoms with Crippen LogP contribution < -0.4 is 5.73 Å². The van der Waals surface area contributed by atoms with Gasteiger partial charge in [-0.25, -0.2) is 0 Å². The standard InChI is InChI=1S/C5H11NS/c1-7-5-2-4(5)3-6/h4-5H,2-3,6H2,1H3. The molecular formula is C5H11NS. The lowest BCUT2D eigenvalue weighted by atomic mass is 10.4. The largest absolute Gasteiger partial charge is 0.330 e. The molecule has 2 N–H and O–H groups in total. The summed E-state index contributed by atoms with van der Waals surface area (Å²) in [6.45, 7) is 0.894. The van der Waals surface area contributed by atoms with Gasteiger partial charge in [0.1, 0.15) is 0 Å². The first-order valence-corrected chi connectivity index (χ1v) is 3.90. The average molecular weight is 117 g/mol. The van der Waals surface area contributed by atoms with Crippen molar-refractivity contribution < 1.29 is 0 Å². The Bertz CT molecular complexity index is 57.1. The lowest BCUT2D eigenvalue weighted by Gasteiger charge is -1.86. The second-order valence-electron chi connectivity index (χ2n) is 2.01. The molecule has 42 valence electrons. The number of rotatable bonds is 2. The van der Waals surface area contributed by atoms with Gasteiger partial charge in [0.25, 0.3) is 0 Å². The molecule has 1 rings (SSSR count). The smallest absolute Gasteiger partial charge is 0.00884 e. The minimum Gasteiger partial charge on any atom is -0.330 e. The van der Waals surface area contributed by atoms with Gasteiger partial charge in [-0.2, -0.15) is 11.8 Å². The maximum absolute atomic E-state index is 5.39. The fourth-order valence-corrected chi connectivity index (χ4v) is 1.69. The third-order valence-electron chi connectivity index (χ3n) is 1.46. The van der Waals surface area contributed by atoms with Crippen LogP contribution in [0.5, 0.6) is 0 Å². The third kappa shape index (κ3) is 1.10. The summed E-state index contributed by atoms with van der Waals surface area (Å²) in [6, 6.07) is 0. The fourth-order valence-electron chi connectivity index (χ4n) is 0.757.